The van der Waals surface area contributed by atoms with Crippen molar-refractivity contribution >= 4 is 19.8 Å². The number of carbonyl (C=O) groups is 2. The van der Waals surface area contributed by atoms with Crippen LogP contribution in [0.1, 0.15) is 194 Å². The molecule has 0 radical (unpaired) electrons. The van der Waals surface area contributed by atoms with Crippen LogP contribution in [0.25, 0.3) is 0 Å². The molecule has 302 valence electrons. The van der Waals surface area contributed by atoms with E-state index in [-0.39, 0.29) is 19.4 Å². The molecule has 0 aliphatic rings. The summed E-state index contributed by atoms with van der Waals surface area (Å²) in [6, 6.07) is 0. The average Bonchev–Trinajstić information content (AvgIpc) is 3.11. The molecule has 8 nitrogen and oxygen atoms in total. The highest BCUT2D eigenvalue weighted by atomic mass is 31.2. The van der Waals surface area contributed by atoms with E-state index in [1.165, 1.54) is 109 Å². The van der Waals surface area contributed by atoms with Gasteiger partial charge in [-0.15, -0.1) is 0 Å². The van der Waals surface area contributed by atoms with Gasteiger partial charge in [-0.25, -0.2) is 4.57 Å². The summed E-state index contributed by atoms with van der Waals surface area (Å²) in [5.41, 5.74) is 0. The van der Waals surface area contributed by atoms with Crippen LogP contribution in [-0.4, -0.2) is 41.0 Å². The maximum Gasteiger partial charge on any atom is 0.469 e. The maximum absolute atomic E-state index is 12.4. The van der Waals surface area contributed by atoms with Crippen LogP contribution in [0.4, 0.5) is 0 Å². The van der Waals surface area contributed by atoms with E-state index in [0.29, 0.717) is 12.8 Å². The quantitative estimate of drug-likeness (QED) is 0.0277. The van der Waals surface area contributed by atoms with Crippen LogP contribution in [0, 0.1) is 0 Å². The predicted octanol–water partition coefficient (Wildman–Crippen LogP) is 12.7. The zero-order chi connectivity index (χ0) is 38.2. The fourth-order valence-corrected chi connectivity index (χ4v) is 6.08. The molecule has 0 unspecified atom stereocenters. The van der Waals surface area contributed by atoms with Crippen LogP contribution in [0.15, 0.2) is 48.6 Å². The third kappa shape index (κ3) is 40.8. The first-order valence-corrected chi connectivity index (χ1v) is 22.5. The molecular weight excluding hydrogens is 675 g/mol. The van der Waals surface area contributed by atoms with Gasteiger partial charge in [-0.2, -0.15) is 0 Å². The highest BCUT2D eigenvalue weighted by molar-refractivity contribution is 7.46. The van der Waals surface area contributed by atoms with Crippen LogP contribution in [-0.2, 0) is 28.2 Å². The van der Waals surface area contributed by atoms with Crippen LogP contribution in [0.5, 0.6) is 0 Å². The molecule has 0 aliphatic heterocycles. The van der Waals surface area contributed by atoms with Crippen LogP contribution in [0.3, 0.4) is 0 Å². The first-order valence-electron chi connectivity index (χ1n) is 20.9. The van der Waals surface area contributed by atoms with Crippen molar-refractivity contribution in [1.82, 2.24) is 0 Å². The molecule has 52 heavy (non-hydrogen) atoms. The summed E-state index contributed by atoms with van der Waals surface area (Å²) in [7, 11) is -4.76. The third-order valence-corrected chi connectivity index (χ3v) is 9.34. The molecule has 9 heteroatoms. The van der Waals surface area contributed by atoms with Gasteiger partial charge in [0.2, 0.25) is 0 Å². The van der Waals surface area contributed by atoms with Crippen LogP contribution < -0.4 is 0 Å². The Morgan fingerprint density at radius 2 is 0.885 bits per heavy atom. The molecule has 0 aromatic carbocycles. The second kappa shape index (κ2) is 38.7. The van der Waals surface area contributed by atoms with E-state index in [9.17, 15) is 14.2 Å². The summed E-state index contributed by atoms with van der Waals surface area (Å²) in [5.74, 6) is -0.946. The minimum absolute atomic E-state index is 0.192. The van der Waals surface area contributed by atoms with Gasteiger partial charge < -0.3 is 19.3 Å². The number of unbranched alkanes of at least 4 members (excludes halogenated alkanes) is 20. The molecule has 0 heterocycles. The van der Waals surface area contributed by atoms with Crippen LogP contribution in [0.2, 0.25) is 0 Å². The molecule has 0 saturated heterocycles. The average molecular weight is 753 g/mol. The first kappa shape index (κ1) is 50.0. The second-order valence-electron chi connectivity index (χ2n) is 14.0. The smallest absolute Gasteiger partial charge is 0.462 e. The van der Waals surface area contributed by atoms with Gasteiger partial charge in [0.1, 0.15) is 6.61 Å². The standard InChI is InChI=1S/C43H77O8P/c1-3-5-7-9-11-13-15-17-19-21-23-25-27-29-31-33-35-37-42(44)49-39-41(40-50-52(46,47)48)51-43(45)38-36-34-32-30-28-26-24-22-20-18-16-14-12-10-8-6-4-2/h11,13,17,19,23,25,29,31,41H,3-10,12,14-16,18,20-22,24,26-28,30,32-40H2,1-2H3,(H2,46,47,48)/b13-11-,19-17-,25-23-,31-29-/t41-/m1/s1. The normalized spacial score (nSPS) is 12.9. The number of allylic oxidation sites excluding steroid dienone is 8. The first-order chi connectivity index (χ1) is 25.3. The Morgan fingerprint density at radius 1 is 0.500 bits per heavy atom. The fraction of sp³-hybridized carbons (Fsp3) is 0.767. The summed E-state index contributed by atoms with van der Waals surface area (Å²) in [6.07, 6.45) is 46.9. The Morgan fingerprint density at radius 3 is 1.35 bits per heavy atom. The summed E-state index contributed by atoms with van der Waals surface area (Å²) < 4.78 is 26.3. The monoisotopic (exact) mass is 753 g/mol. The van der Waals surface area contributed by atoms with Crippen molar-refractivity contribution in [3.8, 4) is 0 Å². The molecule has 0 aromatic heterocycles. The lowest BCUT2D eigenvalue weighted by atomic mass is 10.0. The van der Waals surface area contributed by atoms with Crippen molar-refractivity contribution in [2.75, 3.05) is 13.2 Å². The van der Waals surface area contributed by atoms with Gasteiger partial charge in [0.15, 0.2) is 6.10 Å². The maximum atomic E-state index is 12.4. The van der Waals surface area contributed by atoms with Gasteiger partial charge in [0, 0.05) is 12.8 Å². The van der Waals surface area contributed by atoms with Crippen molar-refractivity contribution < 1.29 is 37.9 Å². The lowest BCUT2D eigenvalue weighted by molar-refractivity contribution is -0.161. The largest absolute Gasteiger partial charge is 0.469 e. The summed E-state index contributed by atoms with van der Waals surface area (Å²) in [6.45, 7) is 3.62. The highest BCUT2D eigenvalue weighted by Crippen LogP contribution is 2.36. The Kier molecular flexibility index (Phi) is 37.2. The zero-order valence-corrected chi connectivity index (χ0v) is 34.1. The van der Waals surface area contributed by atoms with Crippen molar-refractivity contribution in [3.05, 3.63) is 48.6 Å². The minimum atomic E-state index is -4.76. The third-order valence-electron chi connectivity index (χ3n) is 8.85. The number of hydrogen-bond acceptors (Lipinski definition) is 6. The van der Waals surface area contributed by atoms with E-state index < -0.39 is 32.5 Å². The van der Waals surface area contributed by atoms with E-state index in [1.54, 1.807) is 0 Å². The number of carbonyl (C=O) groups excluding carboxylic acids is 2. The van der Waals surface area contributed by atoms with Crippen molar-refractivity contribution in [1.29, 1.82) is 0 Å². The van der Waals surface area contributed by atoms with Crippen molar-refractivity contribution in [3.63, 3.8) is 0 Å². The topological polar surface area (TPSA) is 119 Å². The van der Waals surface area contributed by atoms with Gasteiger partial charge in [0.25, 0.3) is 0 Å². The summed E-state index contributed by atoms with van der Waals surface area (Å²) >= 11 is 0. The van der Waals surface area contributed by atoms with E-state index in [4.69, 9.17) is 19.3 Å². The SMILES string of the molecule is CCCCC/C=C\C/C=C\C/C=C\C/C=C\CCCC(=O)OC[C@H](COP(=O)(O)O)OC(=O)CCCCCCCCCCCCCCCCCCC. The molecule has 0 rings (SSSR count). The molecule has 0 aromatic rings. The highest BCUT2D eigenvalue weighted by Gasteiger charge is 2.22. The molecule has 0 fully saturated rings. The predicted molar refractivity (Wildman–Crippen MR) is 216 cm³/mol. The van der Waals surface area contributed by atoms with E-state index in [1.807, 2.05) is 6.08 Å². The number of esters is 2. The van der Waals surface area contributed by atoms with Gasteiger partial charge in [-0.1, -0.05) is 178 Å². The molecule has 2 N–H and O–H groups in total. The van der Waals surface area contributed by atoms with Gasteiger partial charge in [-0.3, -0.25) is 14.1 Å². The molecular formula is C43H77O8P. The minimum Gasteiger partial charge on any atom is -0.462 e. The van der Waals surface area contributed by atoms with Gasteiger partial charge in [0.05, 0.1) is 6.61 Å². The molecule has 0 amide bonds. The molecule has 1 atom stereocenters. The van der Waals surface area contributed by atoms with Crippen molar-refractivity contribution in [2.45, 2.75) is 200 Å². The Hall–Kier alpha value is -1.99. The Labute approximate surface area is 318 Å². The number of phosphoric ester groups is 1. The van der Waals surface area contributed by atoms with Gasteiger partial charge >= 0.3 is 19.8 Å². The summed E-state index contributed by atoms with van der Waals surface area (Å²) in [5, 5.41) is 0. The Balaban J connectivity index is 4.00. The fourth-order valence-electron chi connectivity index (χ4n) is 5.72. The van der Waals surface area contributed by atoms with E-state index in [0.717, 1.165) is 44.9 Å². The summed E-state index contributed by atoms with van der Waals surface area (Å²) in [4.78, 5) is 42.8. The second-order valence-corrected chi connectivity index (χ2v) is 15.2. The van der Waals surface area contributed by atoms with Gasteiger partial charge in [-0.05, 0) is 51.4 Å². The number of hydrogen-bond donors (Lipinski definition) is 2. The number of ether oxygens (including phenoxy) is 2. The molecule has 0 bridgehead atoms. The number of rotatable bonds is 38. The molecule has 0 aliphatic carbocycles. The molecule has 0 spiro atoms. The number of phosphoric acid groups is 1. The van der Waals surface area contributed by atoms with Crippen LogP contribution >= 0.6 is 7.82 Å². The zero-order valence-electron chi connectivity index (χ0n) is 33.2. The van der Waals surface area contributed by atoms with Crippen molar-refractivity contribution in [2.24, 2.45) is 0 Å². The molecule has 0 saturated carbocycles. The lowest BCUT2D eigenvalue weighted by Crippen LogP contribution is -2.29. The van der Waals surface area contributed by atoms with E-state index in [2.05, 4.69) is 60.9 Å². The lowest BCUT2D eigenvalue weighted by Gasteiger charge is -2.18. The Bertz CT molecular complexity index is 984. The van der Waals surface area contributed by atoms with E-state index >= 15 is 0 Å².